The van der Waals surface area contributed by atoms with E-state index in [1.807, 2.05) is 23.1 Å². The smallest absolute Gasteiger partial charge is 0.244 e. The Morgan fingerprint density at radius 3 is 2.50 bits per heavy atom. The molecule has 0 spiro atoms. The van der Waals surface area contributed by atoms with Crippen LogP contribution in [-0.4, -0.2) is 37.7 Å². The maximum Gasteiger partial charge on any atom is 0.244 e. The molecule has 2 unspecified atom stereocenters. The van der Waals surface area contributed by atoms with Crippen LogP contribution in [0.3, 0.4) is 0 Å². The van der Waals surface area contributed by atoms with E-state index in [0.717, 1.165) is 24.1 Å². The molecule has 0 aliphatic carbocycles. The van der Waals surface area contributed by atoms with Crippen LogP contribution in [0.4, 0.5) is 0 Å². The Balaban J connectivity index is 1.79. The maximum atomic E-state index is 12.7. The van der Waals surface area contributed by atoms with Gasteiger partial charge in [0, 0.05) is 36.2 Å². The Kier molecular flexibility index (Phi) is 4.22. The van der Waals surface area contributed by atoms with Crippen LogP contribution in [0.1, 0.15) is 33.1 Å². The third-order valence-corrected chi connectivity index (χ3v) is 4.46. The van der Waals surface area contributed by atoms with Gasteiger partial charge in [0.2, 0.25) is 5.91 Å². The molecular formula is C17H22N4O. The third-order valence-electron chi connectivity index (χ3n) is 4.46. The van der Waals surface area contributed by atoms with Gasteiger partial charge >= 0.3 is 0 Å². The van der Waals surface area contributed by atoms with Crippen molar-refractivity contribution in [2.45, 2.75) is 51.7 Å². The number of hydrogen-bond acceptors (Lipinski definition) is 3. The molecule has 0 saturated carbocycles. The van der Waals surface area contributed by atoms with E-state index in [2.05, 4.69) is 23.9 Å². The van der Waals surface area contributed by atoms with Gasteiger partial charge in [-0.1, -0.05) is 0 Å². The van der Waals surface area contributed by atoms with Crippen LogP contribution >= 0.6 is 0 Å². The number of pyridine rings is 1. The molecule has 2 aromatic rings. The van der Waals surface area contributed by atoms with Crippen LogP contribution in [0.15, 0.2) is 36.8 Å². The van der Waals surface area contributed by atoms with E-state index >= 15 is 0 Å². The van der Waals surface area contributed by atoms with E-state index in [1.54, 1.807) is 23.3 Å². The molecule has 2 atom stereocenters. The number of amides is 1. The monoisotopic (exact) mass is 298 g/mol. The van der Waals surface area contributed by atoms with Gasteiger partial charge in [-0.05, 0) is 51.3 Å². The second-order valence-corrected chi connectivity index (χ2v) is 6.04. The number of piperidine rings is 1. The van der Waals surface area contributed by atoms with E-state index in [1.165, 1.54) is 6.42 Å². The minimum atomic E-state index is 0.152. The molecule has 5 nitrogen and oxygen atoms in total. The van der Waals surface area contributed by atoms with Crippen molar-refractivity contribution < 1.29 is 4.79 Å². The summed E-state index contributed by atoms with van der Waals surface area (Å²) in [6.45, 7) is 4.57. The lowest BCUT2D eigenvalue weighted by atomic mass is 9.97. The van der Waals surface area contributed by atoms with Crippen molar-refractivity contribution in [2.75, 3.05) is 0 Å². The van der Waals surface area contributed by atoms with Gasteiger partial charge in [-0.25, -0.2) is 0 Å². The molecule has 5 heteroatoms. The topological polar surface area (TPSA) is 51.0 Å². The predicted octanol–water partition coefficient (Wildman–Crippen LogP) is 2.73. The van der Waals surface area contributed by atoms with Gasteiger partial charge in [-0.3, -0.25) is 14.5 Å². The number of carbonyl (C=O) groups excluding carboxylic acids is 1. The molecule has 3 rings (SSSR count). The van der Waals surface area contributed by atoms with Crippen molar-refractivity contribution in [3.8, 4) is 11.3 Å². The number of nitrogens with zero attached hydrogens (tertiary/aromatic N) is 4. The van der Waals surface area contributed by atoms with Crippen LogP contribution in [-0.2, 0) is 11.3 Å². The quantitative estimate of drug-likeness (QED) is 0.875. The molecular weight excluding hydrogens is 276 g/mol. The lowest BCUT2D eigenvalue weighted by Gasteiger charge is -2.39. The lowest BCUT2D eigenvalue weighted by Crippen LogP contribution is -2.48. The van der Waals surface area contributed by atoms with Gasteiger partial charge in [0.15, 0.2) is 0 Å². The zero-order valence-corrected chi connectivity index (χ0v) is 13.1. The van der Waals surface area contributed by atoms with E-state index in [9.17, 15) is 4.79 Å². The van der Waals surface area contributed by atoms with Gasteiger partial charge in [0.05, 0.1) is 5.69 Å². The lowest BCUT2D eigenvalue weighted by molar-refractivity contribution is -0.138. The van der Waals surface area contributed by atoms with Crippen LogP contribution in [0, 0.1) is 0 Å². The standard InChI is InChI=1S/C17H22N4O/c1-13-4-3-5-14(2)21(13)17(22)12-20-16(8-11-19-20)15-6-9-18-10-7-15/h6-11,13-14H,3-5,12H2,1-2H3. The summed E-state index contributed by atoms with van der Waals surface area (Å²) in [5, 5.41) is 4.33. The molecule has 1 amide bonds. The first-order chi connectivity index (χ1) is 10.7. The highest BCUT2D eigenvalue weighted by Gasteiger charge is 2.29. The Bertz CT molecular complexity index is 627. The van der Waals surface area contributed by atoms with Crippen molar-refractivity contribution in [1.29, 1.82) is 0 Å². The molecule has 116 valence electrons. The van der Waals surface area contributed by atoms with E-state index in [4.69, 9.17) is 0 Å². The Labute approximate surface area is 131 Å². The average molecular weight is 298 g/mol. The maximum absolute atomic E-state index is 12.7. The molecule has 0 aromatic carbocycles. The number of hydrogen-bond donors (Lipinski definition) is 0. The predicted molar refractivity (Wildman–Crippen MR) is 85.1 cm³/mol. The van der Waals surface area contributed by atoms with Crippen molar-refractivity contribution >= 4 is 5.91 Å². The summed E-state index contributed by atoms with van der Waals surface area (Å²) in [7, 11) is 0. The molecule has 22 heavy (non-hydrogen) atoms. The number of carbonyl (C=O) groups is 1. The van der Waals surface area contributed by atoms with Crippen LogP contribution in [0.5, 0.6) is 0 Å². The minimum absolute atomic E-state index is 0.152. The summed E-state index contributed by atoms with van der Waals surface area (Å²) in [6, 6.07) is 6.44. The Morgan fingerprint density at radius 2 is 1.82 bits per heavy atom. The zero-order valence-electron chi connectivity index (χ0n) is 13.1. The van der Waals surface area contributed by atoms with Gasteiger partial charge in [-0.2, -0.15) is 5.10 Å². The molecule has 1 aliphatic heterocycles. The highest BCUT2D eigenvalue weighted by molar-refractivity contribution is 5.77. The third kappa shape index (κ3) is 2.89. The summed E-state index contributed by atoms with van der Waals surface area (Å²) in [5.41, 5.74) is 1.98. The van der Waals surface area contributed by atoms with Crippen molar-refractivity contribution in [2.24, 2.45) is 0 Å². The average Bonchev–Trinajstić information content (AvgIpc) is 2.96. The largest absolute Gasteiger partial charge is 0.336 e. The van der Waals surface area contributed by atoms with E-state index in [-0.39, 0.29) is 5.91 Å². The fourth-order valence-corrected chi connectivity index (χ4v) is 3.35. The van der Waals surface area contributed by atoms with Crippen molar-refractivity contribution in [1.82, 2.24) is 19.7 Å². The number of aromatic nitrogens is 3. The normalized spacial score (nSPS) is 21.8. The molecule has 0 radical (unpaired) electrons. The first-order valence-corrected chi connectivity index (χ1v) is 7.90. The second kappa shape index (κ2) is 6.30. The minimum Gasteiger partial charge on any atom is -0.336 e. The van der Waals surface area contributed by atoms with E-state index in [0.29, 0.717) is 18.6 Å². The number of rotatable bonds is 3. The zero-order chi connectivity index (χ0) is 15.5. The molecule has 1 fully saturated rings. The van der Waals surface area contributed by atoms with Gasteiger partial charge in [0.25, 0.3) is 0 Å². The van der Waals surface area contributed by atoms with Crippen LogP contribution in [0.25, 0.3) is 11.3 Å². The van der Waals surface area contributed by atoms with Crippen molar-refractivity contribution in [3.63, 3.8) is 0 Å². The summed E-state index contributed by atoms with van der Waals surface area (Å²) < 4.78 is 1.78. The Hall–Kier alpha value is -2.17. The summed E-state index contributed by atoms with van der Waals surface area (Å²) in [5.74, 6) is 0.152. The van der Waals surface area contributed by atoms with Crippen LogP contribution < -0.4 is 0 Å². The highest BCUT2D eigenvalue weighted by atomic mass is 16.2. The first-order valence-electron chi connectivity index (χ1n) is 7.90. The second-order valence-electron chi connectivity index (χ2n) is 6.04. The number of likely N-dealkylation sites (tertiary alicyclic amines) is 1. The summed E-state index contributed by atoms with van der Waals surface area (Å²) in [6.07, 6.45) is 8.63. The highest BCUT2D eigenvalue weighted by Crippen LogP contribution is 2.24. The van der Waals surface area contributed by atoms with Gasteiger partial charge in [-0.15, -0.1) is 0 Å². The van der Waals surface area contributed by atoms with E-state index < -0.39 is 0 Å². The SMILES string of the molecule is CC1CCCC(C)N1C(=O)Cn1nccc1-c1ccncc1. The summed E-state index contributed by atoms with van der Waals surface area (Å²) >= 11 is 0. The van der Waals surface area contributed by atoms with Gasteiger partial charge < -0.3 is 4.90 Å². The first kappa shape index (κ1) is 14.8. The fourth-order valence-electron chi connectivity index (χ4n) is 3.35. The molecule has 1 saturated heterocycles. The molecule has 2 aromatic heterocycles. The molecule has 1 aliphatic rings. The molecule has 0 bridgehead atoms. The summed E-state index contributed by atoms with van der Waals surface area (Å²) in [4.78, 5) is 18.8. The van der Waals surface area contributed by atoms with Crippen LogP contribution in [0.2, 0.25) is 0 Å². The van der Waals surface area contributed by atoms with Crippen molar-refractivity contribution in [3.05, 3.63) is 36.8 Å². The molecule has 3 heterocycles. The Morgan fingerprint density at radius 1 is 1.14 bits per heavy atom. The van der Waals surface area contributed by atoms with Gasteiger partial charge in [0.1, 0.15) is 6.54 Å². The fraction of sp³-hybridized carbons (Fsp3) is 0.471. The molecule has 0 N–H and O–H groups in total.